The van der Waals surface area contributed by atoms with Crippen LogP contribution in [0.3, 0.4) is 0 Å². The van der Waals surface area contributed by atoms with Crippen LogP contribution < -0.4 is 10.1 Å². The number of nitrogens with one attached hydrogen (secondary N) is 1. The Labute approximate surface area is 160 Å². The van der Waals surface area contributed by atoms with Gasteiger partial charge in [0.2, 0.25) is 0 Å². The third-order valence-corrected chi connectivity index (χ3v) is 4.49. The summed E-state index contributed by atoms with van der Waals surface area (Å²) in [7, 11) is 1.53. The van der Waals surface area contributed by atoms with Crippen LogP contribution in [0.5, 0.6) is 11.5 Å². The van der Waals surface area contributed by atoms with Crippen molar-refractivity contribution in [2.45, 2.75) is 32.7 Å². The van der Waals surface area contributed by atoms with E-state index in [-0.39, 0.29) is 11.8 Å². The van der Waals surface area contributed by atoms with Crippen LogP contribution in [0.1, 0.15) is 36.9 Å². The number of phenols is 1. The standard InChI is InChI=1S/C22H25N3O2/c1-4-5-18(16-8-6-15(2)7-9-16)24-22-14-23-13-19(25-22)17-10-11-20(26)21(12-17)27-3/h6-14,18,26H,4-5H2,1-3H3,(H,24,25). The van der Waals surface area contributed by atoms with Crippen molar-refractivity contribution >= 4 is 5.82 Å². The Kier molecular flexibility index (Phi) is 5.91. The Morgan fingerprint density at radius 2 is 1.89 bits per heavy atom. The van der Waals surface area contributed by atoms with Crippen molar-refractivity contribution in [3.05, 3.63) is 66.0 Å². The zero-order chi connectivity index (χ0) is 19.2. The average molecular weight is 363 g/mol. The van der Waals surface area contributed by atoms with Crippen LogP contribution in [0.2, 0.25) is 0 Å². The maximum Gasteiger partial charge on any atom is 0.161 e. The summed E-state index contributed by atoms with van der Waals surface area (Å²) in [5, 5.41) is 13.3. The summed E-state index contributed by atoms with van der Waals surface area (Å²) in [6.45, 7) is 4.26. The molecule has 0 amide bonds. The number of benzene rings is 2. The van der Waals surface area contributed by atoms with Gasteiger partial charge in [-0.3, -0.25) is 4.98 Å². The zero-order valence-electron chi connectivity index (χ0n) is 15.9. The number of rotatable bonds is 7. The van der Waals surface area contributed by atoms with Gasteiger partial charge in [-0.2, -0.15) is 0 Å². The molecule has 1 unspecified atom stereocenters. The smallest absolute Gasteiger partial charge is 0.161 e. The van der Waals surface area contributed by atoms with E-state index in [0.29, 0.717) is 5.75 Å². The molecule has 3 rings (SSSR count). The summed E-state index contributed by atoms with van der Waals surface area (Å²) in [5.74, 6) is 1.24. The number of aryl methyl sites for hydroxylation is 1. The molecule has 0 aliphatic rings. The van der Waals surface area contributed by atoms with Gasteiger partial charge < -0.3 is 15.2 Å². The van der Waals surface area contributed by atoms with Gasteiger partial charge in [-0.15, -0.1) is 0 Å². The minimum atomic E-state index is 0.103. The first kappa shape index (κ1) is 18.7. The molecular formula is C22H25N3O2. The normalized spacial score (nSPS) is 11.8. The fraction of sp³-hybridized carbons (Fsp3) is 0.273. The van der Waals surface area contributed by atoms with Gasteiger partial charge >= 0.3 is 0 Å². The van der Waals surface area contributed by atoms with Gasteiger partial charge in [0.15, 0.2) is 11.5 Å². The summed E-state index contributed by atoms with van der Waals surface area (Å²) >= 11 is 0. The molecule has 0 aliphatic carbocycles. The summed E-state index contributed by atoms with van der Waals surface area (Å²) in [5.41, 5.74) is 4.04. The number of aromatic nitrogens is 2. The molecule has 27 heavy (non-hydrogen) atoms. The van der Waals surface area contributed by atoms with Gasteiger partial charge in [-0.05, 0) is 37.1 Å². The third kappa shape index (κ3) is 4.56. The largest absolute Gasteiger partial charge is 0.504 e. The summed E-state index contributed by atoms with van der Waals surface area (Å²) < 4.78 is 5.19. The number of phenolic OH excluding ortho intramolecular Hbond substituents is 1. The predicted octanol–water partition coefficient (Wildman–Crippen LogP) is 5.12. The van der Waals surface area contributed by atoms with Gasteiger partial charge in [0.25, 0.3) is 0 Å². The van der Waals surface area contributed by atoms with E-state index in [1.54, 1.807) is 30.6 Å². The monoisotopic (exact) mass is 363 g/mol. The second-order valence-electron chi connectivity index (χ2n) is 6.57. The van der Waals surface area contributed by atoms with E-state index in [4.69, 9.17) is 9.72 Å². The van der Waals surface area contributed by atoms with Crippen molar-refractivity contribution in [3.8, 4) is 22.8 Å². The fourth-order valence-corrected chi connectivity index (χ4v) is 3.00. The van der Waals surface area contributed by atoms with Crippen molar-refractivity contribution in [2.75, 3.05) is 12.4 Å². The lowest BCUT2D eigenvalue weighted by Gasteiger charge is -2.19. The molecule has 0 aliphatic heterocycles. The lowest BCUT2D eigenvalue weighted by atomic mass is 10.0. The molecule has 0 fully saturated rings. The lowest BCUT2D eigenvalue weighted by molar-refractivity contribution is 0.373. The molecule has 0 saturated heterocycles. The number of aromatic hydroxyl groups is 1. The quantitative estimate of drug-likeness (QED) is 0.610. The second-order valence-corrected chi connectivity index (χ2v) is 6.57. The Morgan fingerprint density at radius 1 is 1.11 bits per heavy atom. The Balaban J connectivity index is 1.86. The first-order chi connectivity index (χ1) is 13.1. The molecule has 0 radical (unpaired) electrons. The molecule has 0 spiro atoms. The van der Waals surface area contributed by atoms with Crippen LogP contribution in [0, 0.1) is 6.92 Å². The fourth-order valence-electron chi connectivity index (χ4n) is 3.00. The van der Waals surface area contributed by atoms with E-state index < -0.39 is 0 Å². The number of hydrogen-bond donors (Lipinski definition) is 2. The Morgan fingerprint density at radius 3 is 2.59 bits per heavy atom. The van der Waals surface area contributed by atoms with Crippen molar-refractivity contribution < 1.29 is 9.84 Å². The van der Waals surface area contributed by atoms with Gasteiger partial charge in [0.1, 0.15) is 5.82 Å². The first-order valence-electron chi connectivity index (χ1n) is 9.13. The minimum absolute atomic E-state index is 0.103. The highest BCUT2D eigenvalue weighted by Crippen LogP contribution is 2.31. The zero-order valence-corrected chi connectivity index (χ0v) is 15.9. The van der Waals surface area contributed by atoms with E-state index in [9.17, 15) is 5.11 Å². The Bertz CT molecular complexity index is 894. The lowest BCUT2D eigenvalue weighted by Crippen LogP contribution is -2.12. The summed E-state index contributed by atoms with van der Waals surface area (Å²) in [4.78, 5) is 9.03. The first-order valence-corrected chi connectivity index (χ1v) is 9.13. The minimum Gasteiger partial charge on any atom is -0.504 e. The number of ether oxygens (including phenoxy) is 1. The maximum atomic E-state index is 9.79. The van der Waals surface area contributed by atoms with E-state index in [1.807, 2.05) is 0 Å². The highest BCUT2D eigenvalue weighted by atomic mass is 16.5. The topological polar surface area (TPSA) is 67.3 Å². The van der Waals surface area contributed by atoms with Crippen LogP contribution in [0.15, 0.2) is 54.9 Å². The van der Waals surface area contributed by atoms with Crippen molar-refractivity contribution in [1.29, 1.82) is 0 Å². The average Bonchev–Trinajstić information content (AvgIpc) is 2.69. The van der Waals surface area contributed by atoms with E-state index in [0.717, 1.165) is 29.9 Å². The molecule has 2 aromatic carbocycles. The molecule has 1 aromatic heterocycles. The molecule has 1 atom stereocenters. The van der Waals surface area contributed by atoms with Crippen LogP contribution in [0.4, 0.5) is 5.82 Å². The Hall–Kier alpha value is -3.08. The van der Waals surface area contributed by atoms with Gasteiger partial charge in [-0.1, -0.05) is 43.2 Å². The second kappa shape index (κ2) is 8.54. The molecule has 3 aromatic rings. The van der Waals surface area contributed by atoms with Gasteiger partial charge in [0, 0.05) is 5.56 Å². The van der Waals surface area contributed by atoms with Crippen molar-refractivity contribution in [2.24, 2.45) is 0 Å². The molecule has 1 heterocycles. The van der Waals surface area contributed by atoms with Crippen molar-refractivity contribution in [1.82, 2.24) is 9.97 Å². The van der Waals surface area contributed by atoms with Gasteiger partial charge in [0.05, 0.1) is 31.2 Å². The van der Waals surface area contributed by atoms with Crippen LogP contribution in [-0.4, -0.2) is 22.2 Å². The molecule has 0 saturated carbocycles. The van der Waals surface area contributed by atoms with E-state index in [1.165, 1.54) is 18.2 Å². The maximum absolute atomic E-state index is 9.79. The van der Waals surface area contributed by atoms with Crippen LogP contribution >= 0.6 is 0 Å². The van der Waals surface area contributed by atoms with E-state index in [2.05, 4.69) is 48.4 Å². The molecule has 5 nitrogen and oxygen atoms in total. The highest BCUT2D eigenvalue weighted by molar-refractivity contribution is 5.64. The molecule has 2 N–H and O–H groups in total. The number of hydrogen-bond acceptors (Lipinski definition) is 5. The molecular weight excluding hydrogens is 338 g/mol. The summed E-state index contributed by atoms with van der Waals surface area (Å²) in [6, 6.07) is 13.9. The molecule has 5 heteroatoms. The van der Waals surface area contributed by atoms with Gasteiger partial charge in [-0.25, -0.2) is 4.98 Å². The SMILES string of the molecule is CCCC(Nc1cncc(-c2ccc(O)c(OC)c2)n1)c1ccc(C)cc1. The number of anilines is 1. The van der Waals surface area contributed by atoms with Crippen LogP contribution in [0.25, 0.3) is 11.3 Å². The predicted molar refractivity (Wildman–Crippen MR) is 108 cm³/mol. The van der Waals surface area contributed by atoms with E-state index >= 15 is 0 Å². The molecule has 0 bridgehead atoms. The summed E-state index contributed by atoms with van der Waals surface area (Å²) in [6.07, 6.45) is 5.51. The number of nitrogens with zero attached hydrogens (tertiary/aromatic N) is 2. The number of methoxy groups -OCH3 is 1. The highest BCUT2D eigenvalue weighted by Gasteiger charge is 2.13. The third-order valence-electron chi connectivity index (χ3n) is 4.49. The van der Waals surface area contributed by atoms with Crippen molar-refractivity contribution in [3.63, 3.8) is 0 Å². The van der Waals surface area contributed by atoms with Crippen LogP contribution in [-0.2, 0) is 0 Å². The molecule has 140 valence electrons.